The van der Waals surface area contributed by atoms with E-state index in [1.54, 1.807) is 6.07 Å². The number of carbonyl (C=O) groups is 1. The molecule has 4 nitrogen and oxygen atoms in total. The fourth-order valence-corrected chi connectivity index (χ4v) is 2.74. The molecule has 0 radical (unpaired) electrons. The molecule has 0 atom stereocenters. The molecule has 4 N–H and O–H groups in total. The predicted molar refractivity (Wildman–Crippen MR) is 74.6 cm³/mol. The third kappa shape index (κ3) is 2.42. The van der Waals surface area contributed by atoms with E-state index in [-0.39, 0.29) is 0 Å². The Morgan fingerprint density at radius 2 is 1.94 bits per heavy atom. The van der Waals surface area contributed by atoms with Crippen LogP contribution in [0.1, 0.15) is 42.5 Å². The maximum atomic E-state index is 11.3. The summed E-state index contributed by atoms with van der Waals surface area (Å²) >= 11 is 0. The number of anilines is 2. The Labute approximate surface area is 108 Å². The number of carbonyl (C=O) groups excluding carboxylic acids is 1. The van der Waals surface area contributed by atoms with Crippen LogP contribution in [0, 0.1) is 0 Å². The molecule has 0 unspecified atom stereocenters. The number of rotatable bonds is 3. The average Bonchev–Trinajstić information content (AvgIpc) is 2.39. The third-order valence-corrected chi connectivity index (χ3v) is 3.85. The minimum atomic E-state index is -0.466. The van der Waals surface area contributed by atoms with Crippen LogP contribution < -0.4 is 16.4 Å². The highest BCUT2D eigenvalue weighted by atomic mass is 16.1. The number of primary amides is 1. The van der Waals surface area contributed by atoms with Crippen molar-refractivity contribution in [3.05, 3.63) is 23.8 Å². The number of para-hydroxylation sites is 1. The first-order chi connectivity index (χ1) is 8.61. The molecule has 1 amide bonds. The second-order valence-electron chi connectivity index (χ2n) is 5.01. The Kier molecular flexibility index (Phi) is 3.75. The van der Waals surface area contributed by atoms with Crippen LogP contribution >= 0.6 is 0 Å². The molecule has 0 aliphatic heterocycles. The highest BCUT2D eigenvalue weighted by Gasteiger charge is 2.21. The molecule has 1 aliphatic rings. The molecule has 1 aliphatic carbocycles. The summed E-state index contributed by atoms with van der Waals surface area (Å²) in [4.78, 5) is 13.5. The Morgan fingerprint density at radius 1 is 1.28 bits per heavy atom. The third-order valence-electron chi connectivity index (χ3n) is 3.85. The van der Waals surface area contributed by atoms with Crippen LogP contribution in [0.5, 0.6) is 0 Å². The zero-order valence-electron chi connectivity index (χ0n) is 10.9. The van der Waals surface area contributed by atoms with Crippen molar-refractivity contribution in [1.82, 2.24) is 0 Å². The number of hydrogen-bond donors (Lipinski definition) is 2. The van der Waals surface area contributed by atoms with Crippen molar-refractivity contribution in [1.29, 1.82) is 0 Å². The van der Waals surface area contributed by atoms with Crippen LogP contribution in [0.25, 0.3) is 0 Å². The Morgan fingerprint density at radius 3 is 2.56 bits per heavy atom. The van der Waals surface area contributed by atoms with Gasteiger partial charge >= 0.3 is 0 Å². The molecular weight excluding hydrogens is 226 g/mol. The minimum absolute atomic E-state index is 0.412. The lowest BCUT2D eigenvalue weighted by atomic mass is 9.94. The lowest BCUT2D eigenvalue weighted by molar-refractivity contribution is 0.100. The number of benzene rings is 1. The van der Waals surface area contributed by atoms with E-state index in [0.29, 0.717) is 17.3 Å². The quantitative estimate of drug-likeness (QED) is 0.804. The fraction of sp³-hybridized carbons (Fsp3) is 0.500. The van der Waals surface area contributed by atoms with E-state index in [4.69, 9.17) is 11.5 Å². The van der Waals surface area contributed by atoms with Crippen molar-refractivity contribution in [3.8, 4) is 0 Å². The Balaban J connectivity index is 2.26. The van der Waals surface area contributed by atoms with Crippen molar-refractivity contribution in [3.63, 3.8) is 0 Å². The Bertz CT molecular complexity index is 439. The molecule has 18 heavy (non-hydrogen) atoms. The zero-order chi connectivity index (χ0) is 13.1. The van der Waals surface area contributed by atoms with Crippen molar-refractivity contribution < 1.29 is 4.79 Å². The molecule has 2 rings (SSSR count). The SMILES string of the molecule is CN(c1cccc(C(N)=O)c1N)C1CCCCC1. The number of amides is 1. The average molecular weight is 247 g/mol. The summed E-state index contributed by atoms with van der Waals surface area (Å²) in [6.07, 6.45) is 6.24. The molecular formula is C14H21N3O. The van der Waals surface area contributed by atoms with Crippen molar-refractivity contribution in [2.75, 3.05) is 17.7 Å². The van der Waals surface area contributed by atoms with Crippen molar-refractivity contribution >= 4 is 17.3 Å². The van der Waals surface area contributed by atoms with Gasteiger partial charge in [0.15, 0.2) is 0 Å². The summed E-state index contributed by atoms with van der Waals surface area (Å²) in [5.41, 5.74) is 13.2. The van der Waals surface area contributed by atoms with Crippen LogP contribution in [0.3, 0.4) is 0 Å². The van der Waals surface area contributed by atoms with Gasteiger partial charge in [-0.2, -0.15) is 0 Å². The van der Waals surface area contributed by atoms with E-state index < -0.39 is 5.91 Å². The lowest BCUT2D eigenvalue weighted by Gasteiger charge is -2.34. The van der Waals surface area contributed by atoms with E-state index in [9.17, 15) is 4.79 Å². The van der Waals surface area contributed by atoms with E-state index in [0.717, 1.165) is 5.69 Å². The molecule has 0 saturated heterocycles. The largest absolute Gasteiger partial charge is 0.396 e. The van der Waals surface area contributed by atoms with Crippen LogP contribution in [-0.4, -0.2) is 19.0 Å². The summed E-state index contributed by atoms with van der Waals surface area (Å²) in [6, 6.07) is 5.99. The van der Waals surface area contributed by atoms with Gasteiger partial charge in [0, 0.05) is 13.1 Å². The summed E-state index contributed by atoms with van der Waals surface area (Å²) in [6.45, 7) is 0. The predicted octanol–water partition coefficient (Wildman–Crippen LogP) is 2.14. The van der Waals surface area contributed by atoms with Crippen LogP contribution in [0.15, 0.2) is 18.2 Å². The summed E-state index contributed by atoms with van der Waals surface area (Å²) in [5, 5.41) is 0. The topological polar surface area (TPSA) is 72.3 Å². The van der Waals surface area contributed by atoms with Gasteiger partial charge in [-0.15, -0.1) is 0 Å². The number of nitrogens with two attached hydrogens (primary N) is 2. The van der Waals surface area contributed by atoms with Gasteiger partial charge in [0.2, 0.25) is 0 Å². The minimum Gasteiger partial charge on any atom is -0.396 e. The van der Waals surface area contributed by atoms with Crippen molar-refractivity contribution in [2.24, 2.45) is 5.73 Å². The Hall–Kier alpha value is -1.71. The highest BCUT2D eigenvalue weighted by Crippen LogP contribution is 2.31. The lowest BCUT2D eigenvalue weighted by Crippen LogP contribution is -2.34. The second kappa shape index (κ2) is 5.29. The molecule has 1 aromatic carbocycles. The van der Waals surface area contributed by atoms with Gasteiger partial charge in [0.25, 0.3) is 5.91 Å². The van der Waals surface area contributed by atoms with E-state index in [1.807, 2.05) is 19.2 Å². The number of nitrogens with zero attached hydrogens (tertiary/aromatic N) is 1. The van der Waals surface area contributed by atoms with E-state index in [2.05, 4.69) is 4.90 Å². The van der Waals surface area contributed by atoms with Gasteiger partial charge in [0.1, 0.15) is 0 Å². The molecule has 1 saturated carbocycles. The van der Waals surface area contributed by atoms with Gasteiger partial charge in [-0.05, 0) is 25.0 Å². The molecule has 1 aromatic rings. The zero-order valence-corrected chi connectivity index (χ0v) is 10.9. The van der Waals surface area contributed by atoms with Crippen molar-refractivity contribution in [2.45, 2.75) is 38.1 Å². The standard InChI is InChI=1S/C14H21N3O/c1-17(10-6-3-2-4-7-10)12-9-5-8-11(13(12)15)14(16)18/h5,8-10H,2-4,6-7,15H2,1H3,(H2,16,18). The van der Waals surface area contributed by atoms with Crippen LogP contribution in [0.2, 0.25) is 0 Å². The maximum absolute atomic E-state index is 11.3. The molecule has 0 bridgehead atoms. The monoisotopic (exact) mass is 247 g/mol. The second-order valence-corrected chi connectivity index (χ2v) is 5.01. The van der Waals surface area contributed by atoms with Crippen LogP contribution in [0.4, 0.5) is 11.4 Å². The molecule has 98 valence electrons. The van der Waals surface area contributed by atoms with Gasteiger partial charge in [-0.3, -0.25) is 4.79 Å². The summed E-state index contributed by atoms with van der Waals surface area (Å²) < 4.78 is 0. The smallest absolute Gasteiger partial charge is 0.250 e. The number of nitrogen functional groups attached to an aromatic ring is 1. The van der Waals surface area contributed by atoms with Crippen LogP contribution in [-0.2, 0) is 0 Å². The van der Waals surface area contributed by atoms with Gasteiger partial charge in [0.05, 0.1) is 16.9 Å². The highest BCUT2D eigenvalue weighted by molar-refractivity contribution is 6.00. The summed E-state index contributed by atoms with van der Waals surface area (Å²) in [5.74, 6) is -0.466. The van der Waals surface area contributed by atoms with Gasteiger partial charge in [-0.25, -0.2) is 0 Å². The van der Waals surface area contributed by atoms with Gasteiger partial charge < -0.3 is 16.4 Å². The fourth-order valence-electron chi connectivity index (χ4n) is 2.74. The molecule has 0 heterocycles. The van der Waals surface area contributed by atoms with E-state index in [1.165, 1.54) is 32.1 Å². The normalized spacial score (nSPS) is 16.5. The first-order valence-corrected chi connectivity index (χ1v) is 6.52. The molecule has 0 aromatic heterocycles. The first-order valence-electron chi connectivity index (χ1n) is 6.52. The summed E-state index contributed by atoms with van der Waals surface area (Å²) in [7, 11) is 2.05. The maximum Gasteiger partial charge on any atom is 0.250 e. The first kappa shape index (κ1) is 12.7. The van der Waals surface area contributed by atoms with E-state index >= 15 is 0 Å². The molecule has 1 fully saturated rings. The number of hydrogen-bond acceptors (Lipinski definition) is 3. The van der Waals surface area contributed by atoms with Gasteiger partial charge in [-0.1, -0.05) is 25.3 Å². The molecule has 4 heteroatoms. The molecule has 0 spiro atoms.